The van der Waals surface area contributed by atoms with Gasteiger partial charge in [-0.3, -0.25) is 0 Å². The Kier molecular flexibility index (Phi) is 3.77. The zero-order valence-corrected chi connectivity index (χ0v) is 15.0. The molecule has 0 unspecified atom stereocenters. The van der Waals surface area contributed by atoms with E-state index in [1.807, 2.05) is 6.20 Å². The highest BCUT2D eigenvalue weighted by molar-refractivity contribution is 5.84. The molecule has 3 aromatic heterocycles. The predicted octanol–water partition coefficient (Wildman–Crippen LogP) is 5.30. The molecule has 3 heterocycles. The van der Waals surface area contributed by atoms with Crippen LogP contribution in [0.2, 0.25) is 0 Å². The Bertz CT molecular complexity index is 1250. The second-order valence-corrected chi connectivity index (χ2v) is 6.72. The van der Waals surface area contributed by atoms with Crippen LogP contribution >= 0.6 is 0 Å². The summed E-state index contributed by atoms with van der Waals surface area (Å²) in [6.45, 7) is 0.618. The van der Waals surface area contributed by atoms with Crippen molar-refractivity contribution in [2.75, 3.05) is 7.11 Å². The lowest BCUT2D eigenvalue weighted by atomic mass is 10.1. The van der Waals surface area contributed by atoms with Gasteiger partial charge < -0.3 is 14.1 Å². The Morgan fingerprint density at radius 2 is 1.85 bits per heavy atom. The molecule has 0 saturated carbocycles. The number of benzene rings is 2. The normalized spacial score (nSPS) is 11.4. The summed E-state index contributed by atoms with van der Waals surface area (Å²) in [5, 5.41) is 1.21. The van der Waals surface area contributed by atoms with Gasteiger partial charge in [-0.25, -0.2) is 4.98 Å². The van der Waals surface area contributed by atoms with E-state index in [1.165, 1.54) is 16.5 Å². The number of pyridine rings is 1. The van der Waals surface area contributed by atoms with Crippen molar-refractivity contribution in [3.8, 4) is 22.4 Å². The number of ether oxygens (including phenoxy) is 1. The maximum absolute atomic E-state index is 5.25. The number of nitrogens with zero attached hydrogens (tertiary/aromatic N) is 2. The van der Waals surface area contributed by atoms with Crippen molar-refractivity contribution in [1.82, 2.24) is 14.4 Å². The number of hydrogen-bond acceptors (Lipinski definition) is 2. The molecule has 1 N–H and O–H groups in total. The van der Waals surface area contributed by atoms with Crippen LogP contribution in [0.1, 0.15) is 5.56 Å². The monoisotopic (exact) mass is 353 g/mol. The number of aromatic amines is 1. The summed E-state index contributed by atoms with van der Waals surface area (Å²) in [6, 6.07) is 21.1. The fourth-order valence-electron chi connectivity index (χ4n) is 3.52. The zero-order valence-electron chi connectivity index (χ0n) is 15.0. The van der Waals surface area contributed by atoms with E-state index in [0.717, 1.165) is 28.0 Å². The first-order valence-electron chi connectivity index (χ1n) is 8.95. The quantitative estimate of drug-likeness (QED) is 0.477. The van der Waals surface area contributed by atoms with Crippen LogP contribution in [-0.2, 0) is 11.3 Å². The smallest absolute Gasteiger partial charge is 0.137 e. The summed E-state index contributed by atoms with van der Waals surface area (Å²) in [7, 11) is 1.72. The lowest BCUT2D eigenvalue weighted by Crippen LogP contribution is -1.89. The SMILES string of the molecule is COCc1cccc(-c2ccc3nc(-c4ccc5cc[nH]c5c4)cn3c2)c1. The largest absolute Gasteiger partial charge is 0.380 e. The standard InChI is InChI=1S/C23H19N3O/c1-27-15-16-3-2-4-18(11-16)20-7-8-23-25-22(14-26(23)13-20)19-6-5-17-9-10-24-21(17)12-19/h2-14,24H,15H2,1H3. The molecular weight excluding hydrogens is 334 g/mol. The van der Waals surface area contributed by atoms with Crippen molar-refractivity contribution in [2.24, 2.45) is 0 Å². The number of H-pyrrole nitrogens is 1. The molecule has 0 fully saturated rings. The van der Waals surface area contributed by atoms with Crippen LogP contribution in [0.3, 0.4) is 0 Å². The summed E-state index contributed by atoms with van der Waals surface area (Å²) < 4.78 is 7.34. The van der Waals surface area contributed by atoms with Gasteiger partial charge in [-0.2, -0.15) is 0 Å². The van der Waals surface area contributed by atoms with Crippen molar-refractivity contribution < 1.29 is 4.74 Å². The first-order valence-corrected chi connectivity index (χ1v) is 8.95. The molecule has 0 aliphatic heterocycles. The highest BCUT2D eigenvalue weighted by atomic mass is 16.5. The molecule has 0 amide bonds. The maximum Gasteiger partial charge on any atom is 0.137 e. The molecule has 5 aromatic rings. The number of imidazole rings is 1. The van der Waals surface area contributed by atoms with E-state index in [4.69, 9.17) is 9.72 Å². The van der Waals surface area contributed by atoms with Gasteiger partial charge in [0.15, 0.2) is 0 Å². The molecule has 0 saturated heterocycles. The molecular formula is C23H19N3O. The highest BCUT2D eigenvalue weighted by Crippen LogP contribution is 2.26. The van der Waals surface area contributed by atoms with Crippen molar-refractivity contribution in [3.05, 3.63) is 84.8 Å². The van der Waals surface area contributed by atoms with Crippen LogP contribution in [-0.4, -0.2) is 21.5 Å². The summed E-state index contributed by atoms with van der Waals surface area (Å²) >= 11 is 0. The Hall–Kier alpha value is -3.37. The van der Waals surface area contributed by atoms with Gasteiger partial charge in [-0.05, 0) is 52.4 Å². The Morgan fingerprint density at radius 1 is 0.926 bits per heavy atom. The molecule has 0 aliphatic carbocycles. The summed E-state index contributed by atoms with van der Waals surface area (Å²) in [5.74, 6) is 0. The summed E-state index contributed by atoms with van der Waals surface area (Å²) in [4.78, 5) is 8.05. The molecule has 0 spiro atoms. The van der Waals surface area contributed by atoms with E-state index < -0.39 is 0 Å². The van der Waals surface area contributed by atoms with E-state index in [1.54, 1.807) is 7.11 Å². The number of nitrogens with one attached hydrogen (secondary N) is 1. The van der Waals surface area contributed by atoms with E-state index in [2.05, 4.69) is 82.4 Å². The number of fused-ring (bicyclic) bond motifs is 2. The van der Waals surface area contributed by atoms with Crippen molar-refractivity contribution in [1.29, 1.82) is 0 Å². The van der Waals surface area contributed by atoms with E-state index in [9.17, 15) is 0 Å². The number of aromatic nitrogens is 3. The topological polar surface area (TPSA) is 42.3 Å². The second kappa shape index (κ2) is 6.41. The van der Waals surface area contributed by atoms with Gasteiger partial charge in [0.1, 0.15) is 5.65 Å². The van der Waals surface area contributed by atoms with Crippen molar-refractivity contribution in [3.63, 3.8) is 0 Å². The molecule has 2 aromatic carbocycles. The van der Waals surface area contributed by atoms with E-state index in [0.29, 0.717) is 6.61 Å². The van der Waals surface area contributed by atoms with Crippen LogP contribution in [0.4, 0.5) is 0 Å². The third kappa shape index (κ3) is 2.90. The molecule has 0 bridgehead atoms. The van der Waals surface area contributed by atoms with Crippen LogP contribution in [0.5, 0.6) is 0 Å². The van der Waals surface area contributed by atoms with Crippen molar-refractivity contribution in [2.45, 2.75) is 6.61 Å². The first-order chi connectivity index (χ1) is 13.3. The lowest BCUT2D eigenvalue weighted by molar-refractivity contribution is 0.185. The van der Waals surface area contributed by atoms with Gasteiger partial charge in [0.2, 0.25) is 0 Å². The molecule has 4 heteroatoms. The van der Waals surface area contributed by atoms with Gasteiger partial charge in [-0.1, -0.05) is 30.3 Å². The zero-order chi connectivity index (χ0) is 18.2. The van der Waals surface area contributed by atoms with Gasteiger partial charge in [0.05, 0.1) is 12.3 Å². The summed E-state index contributed by atoms with van der Waals surface area (Å²) in [5.41, 5.74) is 7.64. The Labute approximate surface area is 157 Å². The molecule has 0 radical (unpaired) electrons. The molecule has 5 rings (SSSR count). The Morgan fingerprint density at radius 3 is 2.78 bits per heavy atom. The molecule has 0 aliphatic rings. The number of methoxy groups -OCH3 is 1. The second-order valence-electron chi connectivity index (χ2n) is 6.72. The fourth-order valence-corrected chi connectivity index (χ4v) is 3.52. The van der Waals surface area contributed by atoms with Crippen LogP contribution in [0.15, 0.2) is 79.3 Å². The van der Waals surface area contributed by atoms with Gasteiger partial charge in [0.25, 0.3) is 0 Å². The van der Waals surface area contributed by atoms with Crippen LogP contribution < -0.4 is 0 Å². The van der Waals surface area contributed by atoms with Gasteiger partial charge in [-0.15, -0.1) is 0 Å². The summed E-state index contributed by atoms with van der Waals surface area (Å²) in [6.07, 6.45) is 6.18. The third-order valence-electron chi connectivity index (χ3n) is 4.87. The third-order valence-corrected chi connectivity index (χ3v) is 4.87. The minimum atomic E-state index is 0.618. The fraction of sp³-hybridized carbons (Fsp3) is 0.0870. The van der Waals surface area contributed by atoms with E-state index in [-0.39, 0.29) is 0 Å². The van der Waals surface area contributed by atoms with E-state index >= 15 is 0 Å². The maximum atomic E-state index is 5.25. The lowest BCUT2D eigenvalue weighted by Gasteiger charge is -2.05. The van der Waals surface area contributed by atoms with Crippen LogP contribution in [0, 0.1) is 0 Å². The minimum Gasteiger partial charge on any atom is -0.380 e. The Balaban J connectivity index is 1.55. The molecule has 132 valence electrons. The van der Waals surface area contributed by atoms with Gasteiger partial charge in [0, 0.05) is 36.8 Å². The molecule has 4 nitrogen and oxygen atoms in total. The van der Waals surface area contributed by atoms with Crippen LogP contribution in [0.25, 0.3) is 38.9 Å². The number of rotatable bonds is 4. The highest BCUT2D eigenvalue weighted by Gasteiger charge is 2.07. The van der Waals surface area contributed by atoms with Crippen molar-refractivity contribution >= 4 is 16.6 Å². The minimum absolute atomic E-state index is 0.618. The number of hydrogen-bond donors (Lipinski definition) is 1. The average Bonchev–Trinajstić information content (AvgIpc) is 3.34. The predicted molar refractivity (Wildman–Crippen MR) is 109 cm³/mol. The molecule has 0 atom stereocenters. The molecule has 27 heavy (non-hydrogen) atoms. The average molecular weight is 353 g/mol. The van der Waals surface area contributed by atoms with Gasteiger partial charge >= 0.3 is 0 Å². The first kappa shape index (κ1) is 15.9.